The Balaban J connectivity index is 1.66. The van der Waals surface area contributed by atoms with Gasteiger partial charge in [-0.3, -0.25) is 9.78 Å². The molecule has 0 bridgehead atoms. The van der Waals surface area contributed by atoms with E-state index in [2.05, 4.69) is 10.3 Å². The number of alkyl halides is 3. The first kappa shape index (κ1) is 21.9. The predicted molar refractivity (Wildman–Crippen MR) is 112 cm³/mol. The molecule has 0 spiro atoms. The van der Waals surface area contributed by atoms with Crippen LogP contribution < -0.4 is 11.1 Å². The molecule has 0 saturated carbocycles. The summed E-state index contributed by atoms with van der Waals surface area (Å²) in [6, 6.07) is 9.13. The second-order valence-electron chi connectivity index (χ2n) is 7.34. The number of rotatable bonds is 3. The van der Waals surface area contributed by atoms with Crippen LogP contribution in [0.1, 0.15) is 27.2 Å². The average molecular weight is 454 g/mol. The van der Waals surface area contributed by atoms with Crippen LogP contribution in [0.15, 0.2) is 48.8 Å². The number of nitriles is 1. The molecule has 4 rings (SSSR count). The standard InChI is InChI=1S/C22H17F3N6O2/c23-22(24,25)14-4-1-5-15(9-14)29-21(33)30-7-8-31-17(12-30)18(20(27)32)16(10-26)19(31)13-3-2-6-28-11-13/h1-6,9,11H,7-8,12H2,(H2,27,32)(H,29,33). The molecule has 0 fully saturated rings. The van der Waals surface area contributed by atoms with Gasteiger partial charge in [-0.2, -0.15) is 18.4 Å². The molecule has 168 valence electrons. The highest BCUT2D eigenvalue weighted by Crippen LogP contribution is 2.34. The van der Waals surface area contributed by atoms with Gasteiger partial charge in [-0.1, -0.05) is 6.07 Å². The van der Waals surface area contributed by atoms with E-state index in [1.54, 1.807) is 29.1 Å². The molecule has 0 unspecified atom stereocenters. The lowest BCUT2D eigenvalue weighted by atomic mass is 10.1. The van der Waals surface area contributed by atoms with Gasteiger partial charge in [0.2, 0.25) is 0 Å². The first-order valence-corrected chi connectivity index (χ1v) is 9.79. The second-order valence-corrected chi connectivity index (χ2v) is 7.34. The number of amides is 3. The van der Waals surface area contributed by atoms with Crippen LogP contribution in [-0.2, 0) is 19.3 Å². The summed E-state index contributed by atoms with van der Waals surface area (Å²) in [6.07, 6.45) is -1.41. The molecule has 8 nitrogen and oxygen atoms in total. The van der Waals surface area contributed by atoms with Crippen molar-refractivity contribution in [2.24, 2.45) is 5.73 Å². The van der Waals surface area contributed by atoms with Gasteiger partial charge < -0.3 is 20.5 Å². The lowest BCUT2D eigenvalue weighted by Gasteiger charge is -2.30. The average Bonchev–Trinajstić information content (AvgIpc) is 3.13. The lowest BCUT2D eigenvalue weighted by molar-refractivity contribution is -0.137. The van der Waals surface area contributed by atoms with Crippen LogP contribution in [0.4, 0.5) is 23.7 Å². The molecule has 0 aliphatic carbocycles. The molecule has 0 atom stereocenters. The second kappa shape index (κ2) is 8.31. The smallest absolute Gasteiger partial charge is 0.366 e. The molecule has 1 aliphatic heterocycles. The fourth-order valence-electron chi connectivity index (χ4n) is 3.89. The van der Waals surface area contributed by atoms with E-state index in [0.29, 0.717) is 17.0 Å². The first-order valence-electron chi connectivity index (χ1n) is 9.79. The van der Waals surface area contributed by atoms with Crippen LogP contribution in [0, 0.1) is 11.3 Å². The van der Waals surface area contributed by atoms with Gasteiger partial charge in [-0.25, -0.2) is 4.79 Å². The van der Waals surface area contributed by atoms with E-state index < -0.39 is 23.7 Å². The van der Waals surface area contributed by atoms with Gasteiger partial charge in [-0.05, 0) is 30.3 Å². The van der Waals surface area contributed by atoms with Crippen LogP contribution in [0.25, 0.3) is 11.3 Å². The summed E-state index contributed by atoms with van der Waals surface area (Å²) in [4.78, 5) is 30.4. The Kier molecular flexibility index (Phi) is 5.51. The number of hydrogen-bond donors (Lipinski definition) is 2. The van der Waals surface area contributed by atoms with Crippen molar-refractivity contribution in [1.29, 1.82) is 5.26 Å². The number of benzene rings is 1. The maximum atomic E-state index is 13.0. The maximum Gasteiger partial charge on any atom is 0.416 e. The Hall–Kier alpha value is -4.33. The Labute approximate surface area is 186 Å². The molecule has 3 aromatic rings. The number of carbonyl (C=O) groups is 2. The molecule has 33 heavy (non-hydrogen) atoms. The fourth-order valence-corrected chi connectivity index (χ4v) is 3.89. The summed E-state index contributed by atoms with van der Waals surface area (Å²) in [7, 11) is 0. The molecule has 2 aromatic heterocycles. The highest BCUT2D eigenvalue weighted by atomic mass is 19.4. The number of nitrogens with two attached hydrogens (primary N) is 1. The van der Waals surface area contributed by atoms with Crippen molar-refractivity contribution >= 4 is 17.6 Å². The number of nitrogens with one attached hydrogen (secondary N) is 1. The third-order valence-corrected chi connectivity index (χ3v) is 5.33. The largest absolute Gasteiger partial charge is 0.416 e. The van der Waals surface area contributed by atoms with E-state index in [0.717, 1.165) is 12.1 Å². The quantitative estimate of drug-likeness (QED) is 0.629. The van der Waals surface area contributed by atoms with Crippen molar-refractivity contribution in [3.8, 4) is 17.3 Å². The molecule has 3 heterocycles. The van der Waals surface area contributed by atoms with Crippen molar-refractivity contribution in [2.75, 3.05) is 11.9 Å². The molecule has 0 radical (unpaired) electrons. The summed E-state index contributed by atoms with van der Waals surface area (Å²) in [5, 5.41) is 12.2. The van der Waals surface area contributed by atoms with Gasteiger partial charge >= 0.3 is 12.2 Å². The molecule has 0 saturated heterocycles. The molecule has 11 heteroatoms. The maximum absolute atomic E-state index is 13.0. The van der Waals surface area contributed by atoms with Crippen molar-refractivity contribution in [3.05, 3.63) is 71.2 Å². The van der Waals surface area contributed by atoms with E-state index in [9.17, 15) is 28.0 Å². The van der Waals surface area contributed by atoms with Gasteiger partial charge in [0.15, 0.2) is 0 Å². The zero-order chi connectivity index (χ0) is 23.8. The normalized spacial score (nSPS) is 13.2. The number of aromatic nitrogens is 2. The SMILES string of the molecule is N#Cc1c(C(N)=O)c2n(c1-c1cccnc1)CCN(C(=O)Nc1cccc(C(F)(F)F)c1)C2. The number of primary amides is 1. The fraction of sp³-hybridized carbons (Fsp3) is 0.182. The van der Waals surface area contributed by atoms with Gasteiger partial charge in [0.25, 0.3) is 5.91 Å². The first-order chi connectivity index (χ1) is 15.7. The van der Waals surface area contributed by atoms with Gasteiger partial charge in [-0.15, -0.1) is 0 Å². The minimum Gasteiger partial charge on any atom is -0.366 e. The van der Waals surface area contributed by atoms with Crippen LogP contribution in [-0.4, -0.2) is 32.9 Å². The zero-order valence-corrected chi connectivity index (χ0v) is 17.1. The molecule has 1 aromatic carbocycles. The number of fused-ring (bicyclic) bond motifs is 1. The van der Waals surface area contributed by atoms with Gasteiger partial charge in [0.1, 0.15) is 6.07 Å². The Morgan fingerprint density at radius 2 is 1.97 bits per heavy atom. The summed E-state index contributed by atoms with van der Waals surface area (Å²) >= 11 is 0. The third kappa shape index (κ3) is 4.10. The van der Waals surface area contributed by atoms with Crippen molar-refractivity contribution in [2.45, 2.75) is 19.3 Å². The number of anilines is 1. The zero-order valence-electron chi connectivity index (χ0n) is 17.1. The highest BCUT2D eigenvalue weighted by molar-refractivity contribution is 6.00. The van der Waals surface area contributed by atoms with Gasteiger partial charge in [0, 0.05) is 36.7 Å². The lowest BCUT2D eigenvalue weighted by Crippen LogP contribution is -2.41. The Morgan fingerprint density at radius 3 is 2.61 bits per heavy atom. The number of urea groups is 1. The van der Waals surface area contributed by atoms with Crippen LogP contribution >= 0.6 is 0 Å². The summed E-state index contributed by atoms with van der Waals surface area (Å²) in [5.74, 6) is -0.814. The Bertz CT molecular complexity index is 1280. The van der Waals surface area contributed by atoms with Crippen molar-refractivity contribution in [3.63, 3.8) is 0 Å². The van der Waals surface area contributed by atoms with E-state index in [4.69, 9.17) is 5.73 Å². The van der Waals surface area contributed by atoms with Crippen LogP contribution in [0.5, 0.6) is 0 Å². The summed E-state index contributed by atoms with van der Waals surface area (Å²) in [5.41, 5.74) is 6.23. The van der Waals surface area contributed by atoms with E-state index in [1.165, 1.54) is 17.0 Å². The minimum atomic E-state index is -4.54. The van der Waals surface area contributed by atoms with E-state index in [-0.39, 0.29) is 36.4 Å². The number of nitrogens with zero attached hydrogens (tertiary/aromatic N) is 4. The molecular weight excluding hydrogens is 437 g/mol. The third-order valence-electron chi connectivity index (χ3n) is 5.33. The monoisotopic (exact) mass is 454 g/mol. The van der Waals surface area contributed by atoms with E-state index in [1.807, 2.05) is 6.07 Å². The topological polar surface area (TPSA) is 117 Å². The number of hydrogen-bond acceptors (Lipinski definition) is 4. The highest BCUT2D eigenvalue weighted by Gasteiger charge is 2.33. The summed E-state index contributed by atoms with van der Waals surface area (Å²) < 4.78 is 40.6. The number of pyridine rings is 1. The van der Waals surface area contributed by atoms with Crippen LogP contribution in [0.3, 0.4) is 0 Å². The number of carbonyl (C=O) groups excluding carboxylic acids is 2. The Morgan fingerprint density at radius 1 is 1.18 bits per heavy atom. The van der Waals surface area contributed by atoms with Gasteiger partial charge in [0.05, 0.1) is 34.6 Å². The predicted octanol–water partition coefficient (Wildman–Crippen LogP) is 3.59. The number of halogens is 3. The molecule has 1 aliphatic rings. The van der Waals surface area contributed by atoms with E-state index >= 15 is 0 Å². The van der Waals surface area contributed by atoms with Crippen molar-refractivity contribution < 1.29 is 22.8 Å². The minimum absolute atomic E-state index is 0.00734. The van der Waals surface area contributed by atoms with Crippen LogP contribution in [0.2, 0.25) is 0 Å². The van der Waals surface area contributed by atoms with Crippen molar-refractivity contribution in [1.82, 2.24) is 14.5 Å². The summed E-state index contributed by atoms with van der Waals surface area (Å²) in [6.45, 7) is 0.387. The molecule has 3 N–H and O–H groups in total. The molecular formula is C22H17F3N6O2. The molecule has 3 amide bonds.